The zero-order valence-corrected chi connectivity index (χ0v) is 7.38. The quantitative estimate of drug-likeness (QED) is 0.173. The van der Waals surface area contributed by atoms with Gasteiger partial charge in [0.1, 0.15) is 0 Å². The minimum absolute atomic E-state index is 0. The smallest absolute Gasteiger partial charge is 0.870 e. The average Bonchev–Trinajstić information content (AvgIpc) is 1.68. The van der Waals surface area contributed by atoms with Crippen LogP contribution in [0.15, 0.2) is 0 Å². The third kappa shape index (κ3) is 11.6. The predicted octanol–water partition coefficient (Wildman–Crippen LogP) is -3.51. The van der Waals surface area contributed by atoms with Crippen molar-refractivity contribution in [1.29, 1.82) is 0 Å². The summed E-state index contributed by atoms with van der Waals surface area (Å²) < 4.78 is 4.13. The van der Waals surface area contributed by atoms with Crippen LogP contribution in [0.5, 0.6) is 0 Å². The van der Waals surface area contributed by atoms with Crippen molar-refractivity contribution in [3.8, 4) is 0 Å². The fourth-order valence-corrected chi connectivity index (χ4v) is 0.161. The van der Waals surface area contributed by atoms with Crippen LogP contribution in [-0.4, -0.2) is 24.3 Å². The molecule has 0 amide bonds. The van der Waals surface area contributed by atoms with Gasteiger partial charge >= 0.3 is 29.6 Å². The van der Waals surface area contributed by atoms with Gasteiger partial charge in [-0.15, -0.1) is 0 Å². The fraction of sp³-hybridized carbons (Fsp3) is 0.500. The van der Waals surface area contributed by atoms with E-state index in [4.69, 9.17) is 0 Å². The molecule has 0 aromatic rings. The second kappa shape index (κ2) is 11.0. The summed E-state index contributed by atoms with van der Waals surface area (Å²) in [7, 11) is 0. The van der Waals surface area contributed by atoms with E-state index in [1.807, 2.05) is 0 Å². The molecule has 0 heterocycles. The van der Waals surface area contributed by atoms with E-state index in [1.54, 1.807) is 6.92 Å². The van der Waals surface area contributed by atoms with Gasteiger partial charge in [0.2, 0.25) is 0 Å². The van der Waals surface area contributed by atoms with E-state index in [0.717, 1.165) is 6.29 Å². The van der Waals surface area contributed by atoms with Crippen molar-refractivity contribution in [2.45, 2.75) is 6.92 Å². The molecule has 48 valence electrons. The van der Waals surface area contributed by atoms with Crippen LogP contribution in [0.25, 0.3) is 0 Å². The van der Waals surface area contributed by atoms with Crippen LogP contribution in [0.4, 0.5) is 0 Å². The van der Waals surface area contributed by atoms with Crippen LogP contribution in [0.1, 0.15) is 6.92 Å². The van der Waals surface area contributed by atoms with Crippen LogP contribution < -0.4 is 29.6 Å². The Morgan fingerprint density at radius 1 is 1.67 bits per heavy atom. The molecule has 0 aromatic carbocycles. The van der Waals surface area contributed by atoms with Crippen molar-refractivity contribution in [2.24, 2.45) is 0 Å². The summed E-state index contributed by atoms with van der Waals surface area (Å²) >= 11 is 0. The Morgan fingerprint density at radius 2 is 2.11 bits per heavy atom. The molecule has 1 N–H and O–H groups in total. The second-order valence-corrected chi connectivity index (χ2v) is 0.823. The topological polar surface area (TPSA) is 73.4 Å². The minimum atomic E-state index is -0.928. The summed E-state index contributed by atoms with van der Waals surface area (Å²) in [6, 6.07) is 0. The van der Waals surface area contributed by atoms with Gasteiger partial charge in [-0.1, -0.05) is 0 Å². The van der Waals surface area contributed by atoms with Crippen molar-refractivity contribution in [1.82, 2.24) is 0 Å². The first-order chi connectivity index (χ1) is 3.31. The Labute approximate surface area is 75.2 Å². The van der Waals surface area contributed by atoms with Gasteiger partial charge in [-0.25, -0.2) is 0 Å². The van der Waals surface area contributed by atoms with Crippen LogP contribution in [0.3, 0.4) is 0 Å². The molecule has 0 aliphatic carbocycles. The SMILES string of the molecule is CCOC(=O)[C-]=O.[Na+].[OH-]. The van der Waals surface area contributed by atoms with Crippen LogP contribution in [0.2, 0.25) is 0 Å². The number of hydrogen-bond acceptors (Lipinski definition) is 4. The Hall–Kier alpha value is 0.1000. The van der Waals surface area contributed by atoms with Crippen LogP contribution in [0, 0.1) is 0 Å². The van der Waals surface area contributed by atoms with E-state index in [2.05, 4.69) is 4.74 Å². The van der Waals surface area contributed by atoms with Gasteiger partial charge in [0.05, 0.1) is 6.61 Å². The molecule has 0 spiro atoms. The summed E-state index contributed by atoms with van der Waals surface area (Å²) in [5.41, 5.74) is 0. The zero-order valence-electron chi connectivity index (χ0n) is 5.38. The molecular formula is C4H6NaO4-. The first-order valence-electron chi connectivity index (χ1n) is 1.86. The Kier molecular flexibility index (Phi) is 19.6. The maximum atomic E-state index is 9.77. The molecule has 9 heavy (non-hydrogen) atoms. The maximum Gasteiger partial charge on any atom is 1.00 e. The van der Waals surface area contributed by atoms with Crippen LogP contribution >= 0.6 is 0 Å². The number of esters is 1. The summed E-state index contributed by atoms with van der Waals surface area (Å²) in [5.74, 6) is -0.928. The summed E-state index contributed by atoms with van der Waals surface area (Å²) in [6.45, 7) is 1.85. The van der Waals surface area contributed by atoms with Gasteiger partial charge in [0.15, 0.2) is 5.97 Å². The Balaban J connectivity index is -0.000000180. The summed E-state index contributed by atoms with van der Waals surface area (Å²) in [4.78, 5) is 19.1. The van der Waals surface area contributed by atoms with Crippen molar-refractivity contribution < 1.29 is 49.4 Å². The molecular weight excluding hydrogens is 135 g/mol. The molecule has 0 unspecified atom stereocenters. The van der Waals surface area contributed by atoms with Gasteiger partial charge in [-0.3, -0.25) is 4.79 Å². The molecule has 0 aliphatic rings. The number of ether oxygens (including phenoxy) is 1. The van der Waals surface area contributed by atoms with Gasteiger partial charge in [0.25, 0.3) is 0 Å². The molecule has 0 atom stereocenters. The zero-order chi connectivity index (χ0) is 5.70. The molecule has 0 rings (SSSR count). The van der Waals surface area contributed by atoms with E-state index >= 15 is 0 Å². The van der Waals surface area contributed by atoms with E-state index in [1.165, 1.54) is 0 Å². The van der Waals surface area contributed by atoms with Crippen molar-refractivity contribution in [3.63, 3.8) is 0 Å². The molecule has 0 bridgehead atoms. The standard InChI is InChI=1S/C4H5O3.Na.H2O/c1-2-7-4(6)3-5;;/h2H2,1H3;;1H2/q-1;+1;/p-1. The first-order valence-corrected chi connectivity index (χ1v) is 1.86. The van der Waals surface area contributed by atoms with Gasteiger partial charge < -0.3 is 15.0 Å². The van der Waals surface area contributed by atoms with Gasteiger partial charge in [-0.05, 0) is 6.92 Å². The normalized spacial score (nSPS) is 5.89. The van der Waals surface area contributed by atoms with Crippen molar-refractivity contribution >= 4 is 12.3 Å². The number of carbonyl (C=O) groups excluding carboxylic acids is 2. The van der Waals surface area contributed by atoms with Crippen LogP contribution in [-0.2, 0) is 14.3 Å². The molecule has 0 fully saturated rings. The molecule has 0 saturated heterocycles. The number of hydrogen-bond donors (Lipinski definition) is 0. The molecule has 0 aliphatic heterocycles. The molecule has 4 nitrogen and oxygen atoms in total. The van der Waals surface area contributed by atoms with E-state index in [-0.39, 0.29) is 41.6 Å². The second-order valence-electron chi connectivity index (χ2n) is 0.823. The van der Waals surface area contributed by atoms with Crippen molar-refractivity contribution in [3.05, 3.63) is 0 Å². The summed E-state index contributed by atoms with van der Waals surface area (Å²) in [5, 5.41) is 0. The van der Waals surface area contributed by atoms with E-state index in [0.29, 0.717) is 0 Å². The molecule has 0 radical (unpaired) electrons. The monoisotopic (exact) mass is 141 g/mol. The fourth-order valence-electron chi connectivity index (χ4n) is 0.161. The molecule has 5 heteroatoms. The van der Waals surface area contributed by atoms with Gasteiger partial charge in [-0.2, -0.15) is 6.29 Å². The van der Waals surface area contributed by atoms with E-state index < -0.39 is 5.97 Å². The molecule has 0 aromatic heterocycles. The largest absolute Gasteiger partial charge is 1.00 e. The third-order valence-electron chi connectivity index (χ3n) is 0.359. The number of carbonyl (C=O) groups is 1. The Bertz CT molecular complexity index is 82.6. The summed E-state index contributed by atoms with van der Waals surface area (Å²) in [6.07, 6.45) is 1.05. The molecule has 0 saturated carbocycles. The van der Waals surface area contributed by atoms with E-state index in [9.17, 15) is 9.59 Å². The first kappa shape index (κ1) is 16.0. The predicted molar refractivity (Wildman–Crippen MR) is 24.3 cm³/mol. The Morgan fingerprint density at radius 3 is 2.22 bits per heavy atom. The third-order valence-corrected chi connectivity index (χ3v) is 0.359. The van der Waals surface area contributed by atoms with Gasteiger partial charge in [0, 0.05) is 0 Å². The number of rotatable bonds is 2. The van der Waals surface area contributed by atoms with Crippen molar-refractivity contribution in [2.75, 3.05) is 6.61 Å². The average molecular weight is 141 g/mol. The minimum Gasteiger partial charge on any atom is -0.870 e. The maximum absolute atomic E-state index is 9.77.